The molecule has 1 aromatic heterocycles. The molecule has 0 aliphatic carbocycles. The van der Waals surface area contributed by atoms with Crippen molar-refractivity contribution < 1.29 is 14.7 Å². The molecule has 0 aliphatic heterocycles. The molecule has 0 radical (unpaired) electrons. The SMILES string of the molecule is NC(=O)c1c(NC=O)[nH]c2cc(-c3ccc(CO)cc3)ccc12. The van der Waals surface area contributed by atoms with Crippen molar-refractivity contribution in [3.8, 4) is 11.1 Å². The highest BCUT2D eigenvalue weighted by atomic mass is 16.3. The second kappa shape index (κ2) is 5.94. The number of carbonyl (C=O) groups excluding carboxylic acids is 2. The summed E-state index contributed by atoms with van der Waals surface area (Å²) in [4.78, 5) is 25.3. The van der Waals surface area contributed by atoms with E-state index in [9.17, 15) is 9.59 Å². The zero-order chi connectivity index (χ0) is 16.4. The number of anilines is 1. The second-order valence-corrected chi connectivity index (χ2v) is 5.12. The molecule has 116 valence electrons. The third-order valence-corrected chi connectivity index (χ3v) is 3.72. The highest BCUT2D eigenvalue weighted by Crippen LogP contribution is 2.30. The quantitative estimate of drug-likeness (QED) is 0.541. The minimum Gasteiger partial charge on any atom is -0.392 e. The van der Waals surface area contributed by atoms with Crippen LogP contribution in [0.5, 0.6) is 0 Å². The smallest absolute Gasteiger partial charge is 0.253 e. The van der Waals surface area contributed by atoms with E-state index in [2.05, 4.69) is 10.3 Å². The molecule has 0 atom stereocenters. The fraction of sp³-hybridized carbons (Fsp3) is 0.0588. The zero-order valence-electron chi connectivity index (χ0n) is 12.2. The summed E-state index contributed by atoms with van der Waals surface area (Å²) in [5, 5.41) is 12.2. The Bertz CT molecular complexity index is 882. The van der Waals surface area contributed by atoms with Gasteiger partial charge in [0.05, 0.1) is 12.2 Å². The average Bonchev–Trinajstić information content (AvgIpc) is 2.92. The Labute approximate surface area is 131 Å². The van der Waals surface area contributed by atoms with Crippen molar-refractivity contribution in [2.75, 3.05) is 5.32 Å². The van der Waals surface area contributed by atoms with Gasteiger partial charge in [-0.1, -0.05) is 36.4 Å². The number of hydrogen-bond donors (Lipinski definition) is 4. The maximum Gasteiger partial charge on any atom is 0.253 e. The molecule has 2 aromatic carbocycles. The van der Waals surface area contributed by atoms with E-state index in [0.29, 0.717) is 17.3 Å². The first-order chi connectivity index (χ1) is 11.1. The highest BCUT2D eigenvalue weighted by Gasteiger charge is 2.16. The van der Waals surface area contributed by atoms with E-state index >= 15 is 0 Å². The molecule has 0 unspecified atom stereocenters. The van der Waals surface area contributed by atoms with Crippen LogP contribution in [-0.4, -0.2) is 22.4 Å². The van der Waals surface area contributed by atoms with Crippen molar-refractivity contribution in [1.82, 2.24) is 4.98 Å². The number of rotatable bonds is 5. The molecular weight excluding hydrogens is 294 g/mol. The lowest BCUT2D eigenvalue weighted by molar-refractivity contribution is -0.105. The van der Waals surface area contributed by atoms with E-state index in [1.807, 2.05) is 36.4 Å². The first-order valence-electron chi connectivity index (χ1n) is 7.00. The van der Waals surface area contributed by atoms with Crippen LogP contribution >= 0.6 is 0 Å². The summed E-state index contributed by atoms with van der Waals surface area (Å²) in [5.74, 6) is -0.323. The van der Waals surface area contributed by atoms with Crippen LogP contribution in [0.1, 0.15) is 15.9 Å². The van der Waals surface area contributed by atoms with Crippen molar-refractivity contribution >= 4 is 29.0 Å². The summed E-state index contributed by atoms with van der Waals surface area (Å²) < 4.78 is 0. The van der Waals surface area contributed by atoms with Crippen LogP contribution in [0.25, 0.3) is 22.0 Å². The number of aromatic nitrogens is 1. The number of nitrogens with two attached hydrogens (primary N) is 1. The summed E-state index contributed by atoms with van der Waals surface area (Å²) >= 11 is 0. The summed E-state index contributed by atoms with van der Waals surface area (Å²) in [6.45, 7) is -0.00135. The Kier molecular flexibility index (Phi) is 3.82. The highest BCUT2D eigenvalue weighted by molar-refractivity contribution is 6.12. The molecule has 1 heterocycles. The summed E-state index contributed by atoms with van der Waals surface area (Å²) in [5.41, 5.74) is 9.11. The molecule has 2 amide bonds. The van der Waals surface area contributed by atoms with E-state index < -0.39 is 5.91 Å². The first-order valence-corrected chi connectivity index (χ1v) is 7.00. The third-order valence-electron chi connectivity index (χ3n) is 3.72. The van der Waals surface area contributed by atoms with Crippen molar-refractivity contribution in [2.45, 2.75) is 6.61 Å². The van der Waals surface area contributed by atoms with Gasteiger partial charge >= 0.3 is 0 Å². The normalized spacial score (nSPS) is 10.7. The van der Waals surface area contributed by atoms with Gasteiger partial charge in [0.15, 0.2) is 0 Å². The molecule has 0 bridgehead atoms. The Morgan fingerprint density at radius 3 is 2.48 bits per heavy atom. The van der Waals surface area contributed by atoms with Crippen LogP contribution in [0.3, 0.4) is 0 Å². The first kappa shape index (κ1) is 14.8. The Morgan fingerprint density at radius 1 is 1.17 bits per heavy atom. The van der Waals surface area contributed by atoms with Gasteiger partial charge in [0.2, 0.25) is 6.41 Å². The summed E-state index contributed by atoms with van der Waals surface area (Å²) in [6, 6.07) is 13.1. The van der Waals surface area contributed by atoms with E-state index in [4.69, 9.17) is 10.8 Å². The molecule has 6 heteroatoms. The number of benzene rings is 2. The number of nitrogens with one attached hydrogen (secondary N) is 2. The van der Waals surface area contributed by atoms with Gasteiger partial charge in [0.25, 0.3) is 5.91 Å². The maximum absolute atomic E-state index is 11.6. The topological polar surface area (TPSA) is 108 Å². The van der Waals surface area contributed by atoms with Crippen LogP contribution in [0, 0.1) is 0 Å². The third kappa shape index (κ3) is 2.67. The molecule has 6 nitrogen and oxygen atoms in total. The number of carbonyl (C=O) groups is 2. The maximum atomic E-state index is 11.6. The number of hydrogen-bond acceptors (Lipinski definition) is 3. The molecule has 23 heavy (non-hydrogen) atoms. The van der Waals surface area contributed by atoms with Crippen LogP contribution in [-0.2, 0) is 11.4 Å². The summed E-state index contributed by atoms with van der Waals surface area (Å²) in [6.07, 6.45) is 0.492. The monoisotopic (exact) mass is 309 g/mol. The number of aliphatic hydroxyl groups is 1. The molecule has 5 N–H and O–H groups in total. The summed E-state index contributed by atoms with van der Waals surface area (Å²) in [7, 11) is 0. The van der Waals surface area contributed by atoms with Crippen molar-refractivity contribution in [1.29, 1.82) is 0 Å². The van der Waals surface area contributed by atoms with Crippen LogP contribution in [0.15, 0.2) is 42.5 Å². The Hall–Kier alpha value is -3.12. The predicted molar refractivity (Wildman–Crippen MR) is 87.9 cm³/mol. The predicted octanol–water partition coefficient (Wildman–Crippen LogP) is 1.99. The number of aromatic amines is 1. The lowest BCUT2D eigenvalue weighted by Crippen LogP contribution is -2.13. The van der Waals surface area contributed by atoms with Gasteiger partial charge in [-0.25, -0.2) is 0 Å². The minimum atomic E-state index is -0.611. The Morgan fingerprint density at radius 2 is 1.87 bits per heavy atom. The molecule has 0 saturated carbocycles. The molecule has 0 aliphatic rings. The molecule has 0 saturated heterocycles. The van der Waals surface area contributed by atoms with Gasteiger partial charge in [-0.2, -0.15) is 0 Å². The van der Waals surface area contributed by atoms with Gasteiger partial charge in [-0.05, 0) is 22.8 Å². The fourth-order valence-electron chi connectivity index (χ4n) is 2.60. The van der Waals surface area contributed by atoms with Crippen molar-refractivity contribution in [2.24, 2.45) is 5.73 Å². The molecule has 3 rings (SSSR count). The minimum absolute atomic E-state index is 0.00135. The van der Waals surface area contributed by atoms with Crippen LogP contribution in [0.2, 0.25) is 0 Å². The molecule has 0 spiro atoms. The largest absolute Gasteiger partial charge is 0.392 e. The van der Waals surface area contributed by atoms with E-state index in [-0.39, 0.29) is 18.0 Å². The van der Waals surface area contributed by atoms with Gasteiger partial charge in [-0.3, -0.25) is 9.59 Å². The molecule has 0 fully saturated rings. The van der Waals surface area contributed by atoms with Gasteiger partial charge < -0.3 is 21.1 Å². The van der Waals surface area contributed by atoms with Crippen molar-refractivity contribution in [3.05, 3.63) is 53.6 Å². The van der Waals surface area contributed by atoms with Crippen LogP contribution in [0.4, 0.5) is 5.82 Å². The second-order valence-electron chi connectivity index (χ2n) is 5.12. The fourth-order valence-corrected chi connectivity index (χ4v) is 2.60. The van der Waals surface area contributed by atoms with Gasteiger partial charge in [0, 0.05) is 10.9 Å². The molecule has 3 aromatic rings. The van der Waals surface area contributed by atoms with Gasteiger partial charge in [-0.15, -0.1) is 0 Å². The van der Waals surface area contributed by atoms with E-state index in [1.165, 1.54) is 0 Å². The van der Waals surface area contributed by atoms with Gasteiger partial charge in [0.1, 0.15) is 5.82 Å². The average molecular weight is 309 g/mol. The van der Waals surface area contributed by atoms with E-state index in [1.54, 1.807) is 6.07 Å². The number of H-pyrrole nitrogens is 1. The number of primary amides is 1. The number of aliphatic hydroxyl groups excluding tert-OH is 1. The number of amides is 2. The lowest BCUT2D eigenvalue weighted by atomic mass is 10.0. The van der Waals surface area contributed by atoms with Crippen LogP contribution < -0.4 is 11.1 Å². The standard InChI is InChI=1S/C17H15N3O3/c18-16(23)15-13-6-5-12(7-14(13)20-17(15)19-9-22)11-3-1-10(8-21)2-4-11/h1-7,9,20-21H,8H2,(H2,18,23)(H,19,22). The Balaban J connectivity index is 2.11. The van der Waals surface area contributed by atoms with Crippen molar-refractivity contribution in [3.63, 3.8) is 0 Å². The molecular formula is C17H15N3O3. The zero-order valence-corrected chi connectivity index (χ0v) is 12.2. The van der Waals surface area contributed by atoms with E-state index in [0.717, 1.165) is 16.7 Å². The lowest BCUT2D eigenvalue weighted by Gasteiger charge is -2.03. The number of fused-ring (bicyclic) bond motifs is 1.